The summed E-state index contributed by atoms with van der Waals surface area (Å²) in [6, 6.07) is 10.8. The van der Waals surface area contributed by atoms with Crippen LogP contribution in [-0.2, 0) is 0 Å². The molecule has 1 aromatic carbocycles. The first kappa shape index (κ1) is 8.91. The number of nitrogens with zero attached hydrogens (tertiary/aromatic N) is 2. The Morgan fingerprint density at radius 1 is 1.06 bits per heavy atom. The molecular formula is C12H9N3O. The van der Waals surface area contributed by atoms with Crippen molar-refractivity contribution in [1.29, 1.82) is 0 Å². The maximum atomic E-state index is 11.0. The van der Waals surface area contributed by atoms with Crippen LogP contribution in [0.2, 0.25) is 0 Å². The van der Waals surface area contributed by atoms with Crippen molar-refractivity contribution in [2.75, 3.05) is 0 Å². The van der Waals surface area contributed by atoms with Crippen LogP contribution in [0.25, 0.3) is 17.0 Å². The van der Waals surface area contributed by atoms with Crippen molar-refractivity contribution in [2.45, 2.75) is 0 Å². The highest BCUT2D eigenvalue weighted by molar-refractivity contribution is 5.75. The first-order chi connectivity index (χ1) is 7.83. The maximum Gasteiger partial charge on any atom is 0.212 e. The molecule has 2 heterocycles. The van der Waals surface area contributed by atoms with E-state index in [-0.39, 0.29) is 5.43 Å². The number of aromatic amines is 1. The van der Waals surface area contributed by atoms with Gasteiger partial charge < -0.3 is 4.98 Å². The molecule has 0 aliphatic carbocycles. The molecule has 0 fully saturated rings. The highest BCUT2D eigenvalue weighted by Gasteiger charge is 2.01. The average Bonchev–Trinajstić information content (AvgIpc) is 2.73. The number of pyridine rings is 1. The van der Waals surface area contributed by atoms with Crippen LogP contribution < -0.4 is 5.43 Å². The molecule has 0 aliphatic rings. The van der Waals surface area contributed by atoms with Gasteiger partial charge in [0, 0.05) is 24.5 Å². The molecule has 4 heteroatoms. The van der Waals surface area contributed by atoms with E-state index in [1.165, 1.54) is 12.1 Å². The van der Waals surface area contributed by atoms with Crippen molar-refractivity contribution in [3.8, 4) is 5.95 Å². The molecule has 2 aromatic heterocycles. The molecule has 0 amide bonds. The van der Waals surface area contributed by atoms with Crippen LogP contribution in [-0.4, -0.2) is 14.5 Å². The number of imidazole rings is 1. The van der Waals surface area contributed by atoms with Crippen molar-refractivity contribution < 1.29 is 0 Å². The predicted molar refractivity (Wildman–Crippen MR) is 61.7 cm³/mol. The lowest BCUT2D eigenvalue weighted by Gasteiger charge is -1.98. The second kappa shape index (κ2) is 3.34. The summed E-state index contributed by atoms with van der Waals surface area (Å²) in [4.78, 5) is 18.6. The van der Waals surface area contributed by atoms with Gasteiger partial charge in [-0.2, -0.15) is 0 Å². The highest BCUT2D eigenvalue weighted by Crippen LogP contribution is 2.12. The maximum absolute atomic E-state index is 11.0. The first-order valence-corrected chi connectivity index (χ1v) is 4.96. The van der Waals surface area contributed by atoms with Crippen LogP contribution in [0, 0.1) is 0 Å². The van der Waals surface area contributed by atoms with E-state index in [0.29, 0.717) is 5.95 Å². The summed E-state index contributed by atoms with van der Waals surface area (Å²) in [6.07, 6.45) is 3.39. The third-order valence-corrected chi connectivity index (χ3v) is 2.42. The molecular weight excluding hydrogens is 202 g/mol. The number of fused-ring (bicyclic) bond motifs is 1. The molecule has 4 nitrogen and oxygen atoms in total. The number of nitrogens with one attached hydrogen (secondary N) is 1. The minimum absolute atomic E-state index is 0.00707. The Morgan fingerprint density at radius 2 is 1.81 bits per heavy atom. The molecule has 0 saturated carbocycles. The fourth-order valence-electron chi connectivity index (χ4n) is 1.62. The van der Waals surface area contributed by atoms with Crippen LogP contribution >= 0.6 is 0 Å². The van der Waals surface area contributed by atoms with Gasteiger partial charge in [0.1, 0.15) is 0 Å². The van der Waals surface area contributed by atoms with Gasteiger partial charge >= 0.3 is 0 Å². The number of hydrogen-bond donors (Lipinski definition) is 1. The fraction of sp³-hybridized carbons (Fsp3) is 0. The number of aromatic nitrogens is 3. The standard InChI is InChI=1S/C12H9N3O/c16-9-5-7-15(8-6-9)12-13-10-3-1-2-4-11(10)14-12/h1-8H,(H,13,14). The molecule has 3 rings (SSSR count). The lowest BCUT2D eigenvalue weighted by molar-refractivity contribution is 0.955. The molecule has 78 valence electrons. The second-order valence-electron chi connectivity index (χ2n) is 3.52. The van der Waals surface area contributed by atoms with Crippen LogP contribution in [0.5, 0.6) is 0 Å². The van der Waals surface area contributed by atoms with E-state index in [1.54, 1.807) is 17.0 Å². The zero-order valence-electron chi connectivity index (χ0n) is 8.42. The Bertz CT molecular complexity index is 643. The number of para-hydroxylation sites is 2. The molecule has 0 bridgehead atoms. The number of H-pyrrole nitrogens is 1. The molecule has 0 spiro atoms. The highest BCUT2D eigenvalue weighted by atomic mass is 16.1. The van der Waals surface area contributed by atoms with Crippen molar-refractivity contribution in [2.24, 2.45) is 0 Å². The van der Waals surface area contributed by atoms with Crippen molar-refractivity contribution in [3.63, 3.8) is 0 Å². The summed E-state index contributed by atoms with van der Waals surface area (Å²) >= 11 is 0. The van der Waals surface area contributed by atoms with Gasteiger partial charge in [-0.1, -0.05) is 12.1 Å². The second-order valence-corrected chi connectivity index (χ2v) is 3.52. The molecule has 16 heavy (non-hydrogen) atoms. The summed E-state index contributed by atoms with van der Waals surface area (Å²) in [6.45, 7) is 0. The summed E-state index contributed by atoms with van der Waals surface area (Å²) in [5, 5.41) is 0. The minimum Gasteiger partial charge on any atom is -0.323 e. The monoisotopic (exact) mass is 211 g/mol. The number of benzene rings is 1. The predicted octanol–water partition coefficient (Wildman–Crippen LogP) is 1.71. The third kappa shape index (κ3) is 1.40. The van der Waals surface area contributed by atoms with Gasteiger partial charge in [-0.15, -0.1) is 0 Å². The van der Waals surface area contributed by atoms with Gasteiger partial charge in [0.15, 0.2) is 5.43 Å². The van der Waals surface area contributed by atoms with Gasteiger partial charge in [-0.25, -0.2) is 4.98 Å². The quantitative estimate of drug-likeness (QED) is 0.666. The summed E-state index contributed by atoms with van der Waals surface area (Å²) in [5.41, 5.74) is 1.89. The molecule has 1 N–H and O–H groups in total. The zero-order chi connectivity index (χ0) is 11.0. The first-order valence-electron chi connectivity index (χ1n) is 4.96. The molecule has 0 radical (unpaired) electrons. The third-order valence-electron chi connectivity index (χ3n) is 2.42. The van der Waals surface area contributed by atoms with Crippen molar-refractivity contribution in [1.82, 2.24) is 14.5 Å². The molecule has 0 aliphatic heterocycles. The lowest BCUT2D eigenvalue weighted by atomic mass is 10.3. The van der Waals surface area contributed by atoms with E-state index in [4.69, 9.17) is 0 Å². The fourth-order valence-corrected chi connectivity index (χ4v) is 1.62. The van der Waals surface area contributed by atoms with E-state index in [1.807, 2.05) is 24.3 Å². The summed E-state index contributed by atoms with van der Waals surface area (Å²) in [7, 11) is 0. The van der Waals surface area contributed by atoms with Gasteiger partial charge in [0.25, 0.3) is 0 Å². The topological polar surface area (TPSA) is 50.7 Å². The average molecular weight is 211 g/mol. The SMILES string of the molecule is O=c1ccn(-c2nc3ccccc3[nH]2)cc1. The summed E-state index contributed by atoms with van der Waals surface area (Å²) in [5.74, 6) is 0.709. The van der Waals surface area contributed by atoms with Gasteiger partial charge in [-0.05, 0) is 12.1 Å². The Morgan fingerprint density at radius 3 is 2.56 bits per heavy atom. The largest absolute Gasteiger partial charge is 0.323 e. The van der Waals surface area contributed by atoms with Crippen LogP contribution in [0.3, 0.4) is 0 Å². The lowest BCUT2D eigenvalue weighted by Crippen LogP contribution is -2.02. The van der Waals surface area contributed by atoms with Gasteiger partial charge in [-0.3, -0.25) is 9.36 Å². The van der Waals surface area contributed by atoms with E-state index in [2.05, 4.69) is 9.97 Å². The number of hydrogen-bond acceptors (Lipinski definition) is 2. The van der Waals surface area contributed by atoms with Crippen molar-refractivity contribution in [3.05, 3.63) is 59.0 Å². The van der Waals surface area contributed by atoms with E-state index in [0.717, 1.165) is 11.0 Å². The molecule has 0 saturated heterocycles. The van der Waals surface area contributed by atoms with Gasteiger partial charge in [0.05, 0.1) is 11.0 Å². The van der Waals surface area contributed by atoms with E-state index >= 15 is 0 Å². The number of rotatable bonds is 1. The Hall–Kier alpha value is -2.36. The van der Waals surface area contributed by atoms with E-state index < -0.39 is 0 Å². The minimum atomic E-state index is -0.00707. The van der Waals surface area contributed by atoms with Crippen LogP contribution in [0.15, 0.2) is 53.6 Å². The Balaban J connectivity index is 2.19. The molecule has 0 atom stereocenters. The summed E-state index contributed by atoms with van der Waals surface area (Å²) < 4.78 is 1.78. The Kier molecular flexibility index (Phi) is 1.86. The zero-order valence-corrected chi connectivity index (χ0v) is 8.42. The van der Waals surface area contributed by atoms with E-state index in [9.17, 15) is 4.79 Å². The van der Waals surface area contributed by atoms with Crippen LogP contribution in [0.1, 0.15) is 0 Å². The smallest absolute Gasteiger partial charge is 0.212 e. The molecule has 3 aromatic rings. The van der Waals surface area contributed by atoms with Gasteiger partial charge in [0.2, 0.25) is 5.95 Å². The van der Waals surface area contributed by atoms with Crippen LogP contribution in [0.4, 0.5) is 0 Å². The molecule has 0 unspecified atom stereocenters. The normalized spacial score (nSPS) is 10.8. The Labute approximate surface area is 91.2 Å². The van der Waals surface area contributed by atoms with Crippen molar-refractivity contribution >= 4 is 11.0 Å².